The summed E-state index contributed by atoms with van der Waals surface area (Å²) in [6, 6.07) is 22.4. The molecule has 0 radical (unpaired) electrons. The number of guanidine groups is 1. The van der Waals surface area contributed by atoms with Crippen LogP contribution >= 0.6 is 0 Å². The van der Waals surface area contributed by atoms with Gasteiger partial charge in [0.25, 0.3) is 0 Å². The van der Waals surface area contributed by atoms with Gasteiger partial charge in [0.2, 0.25) is 0 Å². The van der Waals surface area contributed by atoms with Crippen LogP contribution in [0.1, 0.15) is 22.6 Å². The van der Waals surface area contributed by atoms with Gasteiger partial charge in [-0.15, -0.1) is 0 Å². The average molecular weight is 414 g/mol. The molecule has 0 saturated heterocycles. The van der Waals surface area contributed by atoms with Gasteiger partial charge in [0.1, 0.15) is 0 Å². The topological polar surface area (TPSA) is 72.1 Å². The van der Waals surface area contributed by atoms with Gasteiger partial charge in [-0.25, -0.2) is 9.36 Å². The lowest BCUT2D eigenvalue weighted by molar-refractivity contribution is 0.760. The first kappa shape index (κ1) is 20.4. The molecule has 0 spiro atoms. The minimum absolute atomic E-state index is 0.582. The van der Waals surface area contributed by atoms with E-state index < -0.39 is 0 Å². The van der Waals surface area contributed by atoms with Crippen LogP contribution in [-0.4, -0.2) is 32.6 Å². The van der Waals surface area contributed by atoms with Crippen molar-refractivity contribution in [1.29, 1.82) is 0 Å². The smallest absolute Gasteiger partial charge is 0.191 e. The maximum absolute atomic E-state index is 4.63. The number of aryl methyl sites for hydroxylation is 2. The zero-order chi connectivity index (χ0) is 21.6. The Morgan fingerprint density at radius 3 is 2.39 bits per heavy atom. The van der Waals surface area contributed by atoms with Crippen molar-refractivity contribution in [2.24, 2.45) is 4.99 Å². The molecule has 0 amide bonds. The third-order valence-electron chi connectivity index (χ3n) is 5.00. The first-order valence-electron chi connectivity index (χ1n) is 10.3. The largest absolute Gasteiger partial charge is 0.352 e. The van der Waals surface area contributed by atoms with Gasteiger partial charge in [-0.2, -0.15) is 10.2 Å². The molecular formula is C24H27N7. The SMILES string of the molecule is CN=C(NCc1ccn(-c2ccccc2)n1)NCc1ccccc1-n1nc(C)cc1C. The monoisotopic (exact) mass is 413 g/mol. The van der Waals surface area contributed by atoms with Crippen molar-refractivity contribution in [2.75, 3.05) is 7.05 Å². The van der Waals surface area contributed by atoms with E-state index in [1.54, 1.807) is 7.05 Å². The molecule has 2 heterocycles. The molecule has 0 aliphatic rings. The highest BCUT2D eigenvalue weighted by atomic mass is 15.3. The summed E-state index contributed by atoms with van der Waals surface area (Å²) < 4.78 is 3.86. The molecule has 2 aromatic heterocycles. The van der Waals surface area contributed by atoms with Crippen LogP contribution in [0.25, 0.3) is 11.4 Å². The van der Waals surface area contributed by atoms with Gasteiger partial charge in [0.15, 0.2) is 5.96 Å². The molecule has 0 atom stereocenters. The third-order valence-corrected chi connectivity index (χ3v) is 5.00. The molecule has 4 rings (SSSR count). The zero-order valence-corrected chi connectivity index (χ0v) is 18.1. The molecule has 7 heteroatoms. The Bertz CT molecular complexity index is 1170. The average Bonchev–Trinajstić information content (AvgIpc) is 3.40. The quantitative estimate of drug-likeness (QED) is 0.375. The van der Waals surface area contributed by atoms with Gasteiger partial charge in [-0.05, 0) is 49.7 Å². The van der Waals surface area contributed by atoms with Crippen molar-refractivity contribution < 1.29 is 0 Å². The number of nitrogens with one attached hydrogen (secondary N) is 2. The van der Waals surface area contributed by atoms with Crippen LogP contribution in [0, 0.1) is 13.8 Å². The van der Waals surface area contributed by atoms with Crippen LogP contribution in [0.4, 0.5) is 0 Å². The van der Waals surface area contributed by atoms with Crippen molar-refractivity contribution in [1.82, 2.24) is 30.2 Å². The van der Waals surface area contributed by atoms with E-state index in [2.05, 4.69) is 50.9 Å². The number of nitrogens with zero attached hydrogens (tertiary/aromatic N) is 5. The molecule has 0 saturated carbocycles. The van der Waals surface area contributed by atoms with E-state index in [9.17, 15) is 0 Å². The van der Waals surface area contributed by atoms with Gasteiger partial charge in [-0.1, -0.05) is 36.4 Å². The van der Waals surface area contributed by atoms with E-state index in [0.717, 1.165) is 40.0 Å². The van der Waals surface area contributed by atoms with E-state index in [-0.39, 0.29) is 0 Å². The fourth-order valence-corrected chi connectivity index (χ4v) is 3.49. The summed E-state index contributed by atoms with van der Waals surface area (Å²) in [7, 11) is 1.77. The number of rotatable bonds is 6. The van der Waals surface area contributed by atoms with Crippen molar-refractivity contribution >= 4 is 5.96 Å². The first-order valence-corrected chi connectivity index (χ1v) is 10.3. The maximum atomic E-state index is 4.63. The Labute approximate surface area is 182 Å². The lowest BCUT2D eigenvalue weighted by Gasteiger charge is -2.14. The molecule has 0 aliphatic heterocycles. The summed E-state index contributed by atoms with van der Waals surface area (Å²) in [5, 5.41) is 16.0. The molecular weight excluding hydrogens is 386 g/mol. The van der Waals surface area contributed by atoms with Crippen LogP contribution in [0.5, 0.6) is 0 Å². The minimum atomic E-state index is 0.582. The second-order valence-electron chi connectivity index (χ2n) is 7.33. The fourth-order valence-electron chi connectivity index (χ4n) is 3.49. The van der Waals surface area contributed by atoms with E-state index in [0.29, 0.717) is 13.1 Å². The molecule has 2 aromatic carbocycles. The molecule has 2 N–H and O–H groups in total. The number of hydrogen-bond donors (Lipinski definition) is 2. The Kier molecular flexibility index (Phi) is 6.12. The Morgan fingerprint density at radius 1 is 0.903 bits per heavy atom. The van der Waals surface area contributed by atoms with Crippen molar-refractivity contribution in [3.05, 3.63) is 95.6 Å². The second kappa shape index (κ2) is 9.30. The van der Waals surface area contributed by atoms with E-state index in [4.69, 9.17) is 0 Å². The van der Waals surface area contributed by atoms with Crippen LogP contribution < -0.4 is 10.6 Å². The van der Waals surface area contributed by atoms with E-state index >= 15 is 0 Å². The molecule has 0 unspecified atom stereocenters. The highest BCUT2D eigenvalue weighted by Gasteiger charge is 2.09. The van der Waals surface area contributed by atoms with Crippen LogP contribution in [-0.2, 0) is 13.1 Å². The van der Waals surface area contributed by atoms with Gasteiger partial charge in [0, 0.05) is 25.5 Å². The maximum Gasteiger partial charge on any atom is 0.191 e. The number of hydrogen-bond acceptors (Lipinski definition) is 3. The van der Waals surface area contributed by atoms with Crippen LogP contribution in [0.2, 0.25) is 0 Å². The number of aromatic nitrogens is 4. The standard InChI is InChI=1S/C24H27N7/c1-18-15-19(2)31(28-18)23-12-8-7-9-20(23)16-26-24(25-3)27-17-21-13-14-30(29-21)22-10-5-4-6-11-22/h4-15H,16-17H2,1-3H3,(H2,25,26,27). The number of benzene rings is 2. The number of aliphatic imine (C=N–C) groups is 1. The fraction of sp³-hybridized carbons (Fsp3) is 0.208. The normalized spacial score (nSPS) is 11.5. The zero-order valence-electron chi connectivity index (χ0n) is 18.1. The van der Waals surface area contributed by atoms with Crippen LogP contribution in [0.3, 0.4) is 0 Å². The summed E-state index contributed by atoms with van der Waals surface area (Å²) in [6.45, 7) is 5.29. The van der Waals surface area contributed by atoms with E-state index in [1.807, 2.05) is 71.0 Å². The summed E-state index contributed by atoms with van der Waals surface area (Å²) in [5.74, 6) is 0.720. The Balaban J connectivity index is 1.39. The summed E-state index contributed by atoms with van der Waals surface area (Å²) >= 11 is 0. The second-order valence-corrected chi connectivity index (χ2v) is 7.33. The summed E-state index contributed by atoms with van der Waals surface area (Å²) in [5.41, 5.74) is 6.31. The summed E-state index contributed by atoms with van der Waals surface area (Å²) in [4.78, 5) is 4.34. The third kappa shape index (κ3) is 4.83. The molecule has 0 bridgehead atoms. The van der Waals surface area contributed by atoms with Crippen molar-refractivity contribution in [2.45, 2.75) is 26.9 Å². The Morgan fingerprint density at radius 2 is 1.65 bits per heavy atom. The highest BCUT2D eigenvalue weighted by molar-refractivity contribution is 5.79. The molecule has 158 valence electrons. The predicted molar refractivity (Wildman–Crippen MR) is 124 cm³/mol. The van der Waals surface area contributed by atoms with Crippen LogP contribution in [0.15, 0.2) is 77.9 Å². The van der Waals surface area contributed by atoms with Gasteiger partial charge in [0.05, 0.1) is 29.3 Å². The Hall–Kier alpha value is -3.87. The van der Waals surface area contributed by atoms with Gasteiger partial charge < -0.3 is 10.6 Å². The molecule has 31 heavy (non-hydrogen) atoms. The summed E-state index contributed by atoms with van der Waals surface area (Å²) in [6.07, 6.45) is 1.97. The van der Waals surface area contributed by atoms with Crippen molar-refractivity contribution in [3.63, 3.8) is 0 Å². The molecule has 0 aliphatic carbocycles. The molecule has 7 nitrogen and oxygen atoms in total. The predicted octanol–water partition coefficient (Wildman–Crippen LogP) is 3.54. The lowest BCUT2D eigenvalue weighted by atomic mass is 10.1. The molecule has 4 aromatic rings. The van der Waals surface area contributed by atoms with Crippen molar-refractivity contribution in [3.8, 4) is 11.4 Å². The van der Waals surface area contributed by atoms with E-state index in [1.165, 1.54) is 0 Å². The van der Waals surface area contributed by atoms with Gasteiger partial charge >= 0.3 is 0 Å². The molecule has 0 fully saturated rings. The number of para-hydroxylation sites is 2. The van der Waals surface area contributed by atoms with Gasteiger partial charge in [-0.3, -0.25) is 4.99 Å². The first-order chi connectivity index (χ1) is 15.1. The highest BCUT2D eigenvalue weighted by Crippen LogP contribution is 2.17. The lowest BCUT2D eigenvalue weighted by Crippen LogP contribution is -2.36. The minimum Gasteiger partial charge on any atom is -0.352 e.